The lowest BCUT2D eigenvalue weighted by Gasteiger charge is -2.22. The number of aromatic nitrogens is 2. The first-order chi connectivity index (χ1) is 7.61. The minimum Gasteiger partial charge on any atom is -0.317 e. The van der Waals surface area contributed by atoms with Crippen molar-refractivity contribution in [1.29, 1.82) is 0 Å². The highest BCUT2D eigenvalue weighted by Crippen LogP contribution is 2.21. The average molecular weight is 223 g/mol. The Bertz CT molecular complexity index is 495. The van der Waals surface area contributed by atoms with Gasteiger partial charge in [-0.25, -0.2) is 4.79 Å². The van der Waals surface area contributed by atoms with Crippen LogP contribution in [0.15, 0.2) is 15.8 Å². The highest BCUT2D eigenvalue weighted by Gasteiger charge is 2.19. The van der Waals surface area contributed by atoms with Crippen LogP contribution in [0.3, 0.4) is 0 Å². The van der Waals surface area contributed by atoms with Crippen LogP contribution >= 0.6 is 0 Å². The molecule has 0 radical (unpaired) electrons. The molecule has 2 heterocycles. The zero-order valence-corrected chi connectivity index (χ0v) is 9.69. The van der Waals surface area contributed by atoms with Crippen molar-refractivity contribution in [3.05, 3.63) is 32.6 Å². The Balaban J connectivity index is 2.48. The van der Waals surface area contributed by atoms with Crippen molar-refractivity contribution in [2.75, 3.05) is 13.1 Å². The topological polar surface area (TPSA) is 56.0 Å². The summed E-state index contributed by atoms with van der Waals surface area (Å²) < 4.78 is 2.68. The number of hydrogen-bond acceptors (Lipinski definition) is 3. The Morgan fingerprint density at radius 2 is 1.88 bits per heavy atom. The van der Waals surface area contributed by atoms with E-state index in [1.165, 1.54) is 16.2 Å². The van der Waals surface area contributed by atoms with E-state index in [-0.39, 0.29) is 17.2 Å². The molecule has 2 rings (SSSR count). The summed E-state index contributed by atoms with van der Waals surface area (Å²) in [7, 11) is 3.22. The number of nitrogens with one attached hydrogen (secondary N) is 1. The molecule has 16 heavy (non-hydrogen) atoms. The van der Waals surface area contributed by atoms with Crippen LogP contribution in [0.5, 0.6) is 0 Å². The van der Waals surface area contributed by atoms with Gasteiger partial charge in [-0.15, -0.1) is 0 Å². The Kier molecular flexibility index (Phi) is 2.96. The van der Waals surface area contributed by atoms with Crippen LogP contribution < -0.4 is 16.6 Å². The second-order valence-corrected chi connectivity index (χ2v) is 4.37. The quantitative estimate of drug-likeness (QED) is 0.701. The molecular weight excluding hydrogens is 206 g/mol. The van der Waals surface area contributed by atoms with Gasteiger partial charge in [0, 0.05) is 25.9 Å². The third-order valence-electron chi connectivity index (χ3n) is 3.25. The summed E-state index contributed by atoms with van der Waals surface area (Å²) in [4.78, 5) is 23.5. The highest BCUT2D eigenvalue weighted by molar-refractivity contribution is 5.13. The van der Waals surface area contributed by atoms with Gasteiger partial charge in [-0.3, -0.25) is 9.36 Å². The van der Waals surface area contributed by atoms with Crippen molar-refractivity contribution < 1.29 is 0 Å². The molecule has 0 unspecified atom stereocenters. The molecular formula is C11H17N3O2. The van der Waals surface area contributed by atoms with E-state index in [4.69, 9.17) is 0 Å². The molecule has 88 valence electrons. The molecule has 0 amide bonds. The summed E-state index contributed by atoms with van der Waals surface area (Å²) >= 11 is 0. The van der Waals surface area contributed by atoms with Gasteiger partial charge in [0.1, 0.15) is 0 Å². The Morgan fingerprint density at radius 1 is 1.25 bits per heavy atom. The van der Waals surface area contributed by atoms with Crippen molar-refractivity contribution in [1.82, 2.24) is 14.5 Å². The first kappa shape index (κ1) is 11.1. The van der Waals surface area contributed by atoms with Gasteiger partial charge >= 0.3 is 5.69 Å². The SMILES string of the molecule is Cn1cc(C2CCNCC2)c(=O)n(C)c1=O. The predicted octanol–water partition coefficient (Wildman–Crippen LogP) is -0.449. The van der Waals surface area contributed by atoms with E-state index in [0.717, 1.165) is 31.5 Å². The maximum absolute atomic E-state index is 12.0. The molecule has 0 spiro atoms. The van der Waals surface area contributed by atoms with Crippen LogP contribution in [0.4, 0.5) is 0 Å². The van der Waals surface area contributed by atoms with Crippen molar-refractivity contribution in [3.63, 3.8) is 0 Å². The molecule has 0 aliphatic carbocycles. The van der Waals surface area contributed by atoms with E-state index in [1.54, 1.807) is 13.2 Å². The van der Waals surface area contributed by atoms with Crippen LogP contribution in [-0.4, -0.2) is 22.2 Å². The van der Waals surface area contributed by atoms with Crippen molar-refractivity contribution in [3.8, 4) is 0 Å². The van der Waals surface area contributed by atoms with E-state index in [2.05, 4.69) is 5.32 Å². The van der Waals surface area contributed by atoms with Gasteiger partial charge in [0.25, 0.3) is 5.56 Å². The third-order valence-corrected chi connectivity index (χ3v) is 3.25. The average Bonchev–Trinajstić information content (AvgIpc) is 2.32. The molecule has 1 aromatic rings. The molecule has 1 aliphatic heterocycles. The van der Waals surface area contributed by atoms with Crippen molar-refractivity contribution in [2.45, 2.75) is 18.8 Å². The number of piperidine rings is 1. The first-order valence-corrected chi connectivity index (χ1v) is 5.58. The highest BCUT2D eigenvalue weighted by atomic mass is 16.2. The number of hydrogen-bond donors (Lipinski definition) is 1. The van der Waals surface area contributed by atoms with Crippen LogP contribution in [0.2, 0.25) is 0 Å². The van der Waals surface area contributed by atoms with E-state index >= 15 is 0 Å². The molecule has 5 nitrogen and oxygen atoms in total. The zero-order valence-electron chi connectivity index (χ0n) is 9.69. The molecule has 0 bridgehead atoms. The monoisotopic (exact) mass is 223 g/mol. The molecule has 1 N–H and O–H groups in total. The second-order valence-electron chi connectivity index (χ2n) is 4.37. The summed E-state index contributed by atoms with van der Waals surface area (Å²) in [6, 6.07) is 0. The van der Waals surface area contributed by atoms with Crippen molar-refractivity contribution in [2.24, 2.45) is 14.1 Å². The van der Waals surface area contributed by atoms with E-state index in [0.29, 0.717) is 0 Å². The fourth-order valence-corrected chi connectivity index (χ4v) is 2.25. The van der Waals surface area contributed by atoms with Crippen LogP contribution in [0.1, 0.15) is 24.3 Å². The Hall–Kier alpha value is -1.36. The lowest BCUT2D eigenvalue weighted by molar-refractivity contribution is 0.451. The minimum atomic E-state index is -0.261. The van der Waals surface area contributed by atoms with Gasteiger partial charge in [0.2, 0.25) is 0 Å². The van der Waals surface area contributed by atoms with Gasteiger partial charge in [0.15, 0.2) is 0 Å². The molecule has 1 aliphatic rings. The molecule has 0 saturated carbocycles. The molecule has 5 heteroatoms. The van der Waals surface area contributed by atoms with Crippen LogP contribution in [-0.2, 0) is 14.1 Å². The maximum atomic E-state index is 12.0. The van der Waals surface area contributed by atoms with Gasteiger partial charge in [-0.2, -0.15) is 0 Å². The molecule has 1 saturated heterocycles. The van der Waals surface area contributed by atoms with Crippen LogP contribution in [0, 0.1) is 0 Å². The summed E-state index contributed by atoms with van der Waals surface area (Å²) in [6.45, 7) is 1.88. The summed E-state index contributed by atoms with van der Waals surface area (Å²) in [5.41, 5.74) is 0.365. The lowest BCUT2D eigenvalue weighted by atomic mass is 9.92. The van der Waals surface area contributed by atoms with E-state index < -0.39 is 0 Å². The number of nitrogens with zero attached hydrogens (tertiary/aromatic N) is 2. The fourth-order valence-electron chi connectivity index (χ4n) is 2.25. The smallest absolute Gasteiger partial charge is 0.317 e. The van der Waals surface area contributed by atoms with Gasteiger partial charge in [0.05, 0.1) is 0 Å². The largest absolute Gasteiger partial charge is 0.330 e. The second kappa shape index (κ2) is 4.25. The lowest BCUT2D eigenvalue weighted by Crippen LogP contribution is -2.40. The molecule has 1 fully saturated rings. The molecule has 1 aromatic heterocycles. The summed E-state index contributed by atoms with van der Waals surface area (Å²) in [5, 5.41) is 3.27. The molecule has 0 atom stereocenters. The zero-order chi connectivity index (χ0) is 11.7. The summed E-state index contributed by atoms with van der Waals surface area (Å²) in [5.74, 6) is 0.284. The van der Waals surface area contributed by atoms with Gasteiger partial charge in [-0.05, 0) is 31.8 Å². The standard InChI is InChI=1S/C11H17N3O2/c1-13-7-9(8-3-5-12-6-4-8)10(15)14(2)11(13)16/h7-8,12H,3-6H2,1-2H3. The van der Waals surface area contributed by atoms with E-state index in [9.17, 15) is 9.59 Å². The third kappa shape index (κ3) is 1.82. The van der Waals surface area contributed by atoms with Crippen molar-refractivity contribution >= 4 is 0 Å². The Labute approximate surface area is 93.7 Å². The maximum Gasteiger partial charge on any atom is 0.330 e. The normalized spacial score (nSPS) is 17.6. The number of aryl methyl sites for hydroxylation is 1. The van der Waals surface area contributed by atoms with E-state index in [1.807, 2.05) is 0 Å². The summed E-state index contributed by atoms with van der Waals surface area (Å²) in [6.07, 6.45) is 3.63. The minimum absolute atomic E-state index is 0.144. The molecule has 0 aromatic carbocycles. The van der Waals surface area contributed by atoms with Crippen LogP contribution in [0.25, 0.3) is 0 Å². The Morgan fingerprint density at radius 3 is 2.50 bits per heavy atom. The van der Waals surface area contributed by atoms with Gasteiger partial charge < -0.3 is 9.88 Å². The fraction of sp³-hybridized carbons (Fsp3) is 0.636. The first-order valence-electron chi connectivity index (χ1n) is 5.58. The number of rotatable bonds is 1. The predicted molar refractivity (Wildman–Crippen MR) is 61.8 cm³/mol. The van der Waals surface area contributed by atoms with Gasteiger partial charge in [-0.1, -0.05) is 0 Å².